The van der Waals surface area contributed by atoms with Gasteiger partial charge < -0.3 is 19.3 Å². The van der Waals surface area contributed by atoms with Crippen molar-refractivity contribution < 1.29 is 46.0 Å². The van der Waals surface area contributed by atoms with Crippen molar-refractivity contribution in [3.63, 3.8) is 0 Å². The SMILES string of the molecule is Cc1ccc(S(=O)(=O)O[C@@H](C[C@@H](CP(=O)(OCc2ccccc2)OCc2ccccc2)C(=O)O)C(=O)O)cc1. The maximum atomic E-state index is 13.8. The smallest absolute Gasteiger partial charge is 0.334 e. The van der Waals surface area contributed by atoms with Crippen LogP contribution in [0.3, 0.4) is 0 Å². The molecule has 0 aromatic heterocycles. The molecular weight excluding hydrogens is 547 g/mol. The highest BCUT2D eigenvalue weighted by atomic mass is 32.2. The Labute approximate surface area is 226 Å². The fourth-order valence-corrected chi connectivity index (χ4v) is 6.38. The number of hydrogen-bond acceptors (Lipinski definition) is 8. The number of aliphatic carboxylic acids is 2. The lowest BCUT2D eigenvalue weighted by atomic mass is 10.0. The van der Waals surface area contributed by atoms with Gasteiger partial charge in [-0.3, -0.25) is 13.5 Å². The van der Waals surface area contributed by atoms with Crippen LogP contribution in [0.4, 0.5) is 0 Å². The van der Waals surface area contributed by atoms with Gasteiger partial charge in [-0.05, 0) is 36.6 Å². The summed E-state index contributed by atoms with van der Waals surface area (Å²) in [5, 5.41) is 19.5. The van der Waals surface area contributed by atoms with Crippen molar-refractivity contribution in [3.05, 3.63) is 102 Å². The van der Waals surface area contributed by atoms with Crippen molar-refractivity contribution >= 4 is 29.7 Å². The Morgan fingerprint density at radius 2 is 1.28 bits per heavy atom. The highest BCUT2D eigenvalue weighted by Gasteiger charge is 2.38. The lowest BCUT2D eigenvalue weighted by Crippen LogP contribution is -2.33. The molecule has 0 heterocycles. The van der Waals surface area contributed by atoms with E-state index in [1.54, 1.807) is 67.6 Å². The van der Waals surface area contributed by atoms with Gasteiger partial charge >= 0.3 is 19.5 Å². The summed E-state index contributed by atoms with van der Waals surface area (Å²) in [5.41, 5.74) is 2.09. The van der Waals surface area contributed by atoms with Crippen molar-refractivity contribution in [2.75, 3.05) is 6.16 Å². The summed E-state index contributed by atoms with van der Waals surface area (Å²) in [7, 11) is -8.67. The van der Waals surface area contributed by atoms with Crippen molar-refractivity contribution in [3.8, 4) is 0 Å². The van der Waals surface area contributed by atoms with Gasteiger partial charge in [-0.2, -0.15) is 8.42 Å². The minimum Gasteiger partial charge on any atom is -0.481 e. The van der Waals surface area contributed by atoms with Crippen LogP contribution >= 0.6 is 7.60 Å². The third kappa shape index (κ3) is 9.42. The van der Waals surface area contributed by atoms with Crippen LogP contribution in [0.15, 0.2) is 89.8 Å². The predicted octanol–water partition coefficient (Wildman–Crippen LogP) is 4.87. The van der Waals surface area contributed by atoms with Gasteiger partial charge in [-0.25, -0.2) is 4.79 Å². The molecule has 0 fully saturated rings. The summed E-state index contributed by atoms with van der Waals surface area (Å²) in [6.07, 6.45) is -3.57. The van der Waals surface area contributed by atoms with Crippen LogP contribution in [0.2, 0.25) is 0 Å². The van der Waals surface area contributed by atoms with Gasteiger partial charge in [0.1, 0.15) is 0 Å². The molecule has 0 saturated heterocycles. The van der Waals surface area contributed by atoms with Gasteiger partial charge in [0.25, 0.3) is 10.1 Å². The molecule has 0 saturated carbocycles. The molecule has 0 unspecified atom stereocenters. The summed E-state index contributed by atoms with van der Waals surface area (Å²) in [6.45, 7) is 1.44. The van der Waals surface area contributed by atoms with Crippen molar-refractivity contribution in [2.45, 2.75) is 37.6 Å². The van der Waals surface area contributed by atoms with Gasteiger partial charge in [-0.1, -0.05) is 78.4 Å². The normalized spacial score (nSPS) is 13.5. The van der Waals surface area contributed by atoms with Gasteiger partial charge in [0.05, 0.1) is 30.2 Å². The van der Waals surface area contributed by atoms with Crippen LogP contribution in [-0.4, -0.2) is 42.8 Å². The number of carboxylic acids is 2. The van der Waals surface area contributed by atoms with Crippen molar-refractivity contribution in [1.82, 2.24) is 0 Å². The second-order valence-electron chi connectivity index (χ2n) is 8.77. The average molecular weight is 577 g/mol. The molecule has 3 aromatic carbocycles. The highest BCUT2D eigenvalue weighted by Crippen LogP contribution is 2.52. The first-order valence-electron chi connectivity index (χ1n) is 11.9. The van der Waals surface area contributed by atoms with E-state index < -0.39 is 54.3 Å². The van der Waals surface area contributed by atoms with E-state index in [4.69, 9.17) is 13.2 Å². The fraction of sp³-hybridized carbons (Fsp3) is 0.259. The van der Waals surface area contributed by atoms with E-state index in [9.17, 15) is 32.8 Å². The summed E-state index contributed by atoms with van der Waals surface area (Å²) in [5.74, 6) is -4.83. The van der Waals surface area contributed by atoms with E-state index in [0.29, 0.717) is 11.1 Å². The Morgan fingerprint density at radius 1 is 0.795 bits per heavy atom. The second kappa shape index (κ2) is 13.6. The Bertz CT molecular complexity index is 1350. The van der Waals surface area contributed by atoms with Crippen LogP contribution in [0, 0.1) is 12.8 Å². The minimum atomic E-state index is -4.53. The van der Waals surface area contributed by atoms with Gasteiger partial charge in [0.2, 0.25) is 0 Å². The largest absolute Gasteiger partial charge is 0.481 e. The topological polar surface area (TPSA) is 154 Å². The first kappa shape index (κ1) is 30.2. The Balaban J connectivity index is 1.81. The van der Waals surface area contributed by atoms with E-state index in [1.165, 1.54) is 24.3 Å². The molecule has 0 amide bonds. The summed E-state index contributed by atoms with van der Waals surface area (Å²) in [4.78, 5) is 23.7. The molecule has 12 heteroatoms. The zero-order chi connectivity index (χ0) is 28.5. The average Bonchev–Trinajstić information content (AvgIpc) is 2.91. The minimum absolute atomic E-state index is 0.153. The molecule has 2 atom stereocenters. The van der Waals surface area contributed by atoms with Crippen LogP contribution in [0.25, 0.3) is 0 Å². The molecule has 0 aliphatic heterocycles. The Kier molecular flexibility index (Phi) is 10.6. The molecule has 0 bridgehead atoms. The molecular formula is C27H29O10PS. The van der Waals surface area contributed by atoms with Gasteiger partial charge in [-0.15, -0.1) is 0 Å². The first-order valence-corrected chi connectivity index (χ1v) is 15.0. The van der Waals surface area contributed by atoms with Crippen LogP contribution in [0.1, 0.15) is 23.1 Å². The zero-order valence-corrected chi connectivity index (χ0v) is 22.8. The lowest BCUT2D eigenvalue weighted by Gasteiger charge is -2.24. The third-order valence-corrected chi connectivity index (χ3v) is 8.93. The van der Waals surface area contributed by atoms with E-state index in [1.807, 2.05) is 0 Å². The second-order valence-corrected chi connectivity index (χ2v) is 12.4. The number of carboxylic acid groups (broad SMARTS) is 2. The third-order valence-electron chi connectivity index (χ3n) is 5.66. The monoisotopic (exact) mass is 576 g/mol. The summed E-state index contributed by atoms with van der Waals surface area (Å²) in [6, 6.07) is 23.0. The molecule has 0 aliphatic rings. The van der Waals surface area contributed by atoms with E-state index >= 15 is 0 Å². The molecule has 208 valence electrons. The fourth-order valence-electron chi connectivity index (χ4n) is 3.51. The van der Waals surface area contributed by atoms with Gasteiger partial charge in [0.15, 0.2) is 6.10 Å². The molecule has 2 N–H and O–H groups in total. The zero-order valence-electron chi connectivity index (χ0n) is 21.1. The Morgan fingerprint density at radius 3 is 1.72 bits per heavy atom. The number of rotatable bonds is 15. The number of hydrogen-bond donors (Lipinski definition) is 2. The van der Waals surface area contributed by atoms with Crippen LogP contribution < -0.4 is 0 Å². The molecule has 0 radical (unpaired) electrons. The van der Waals surface area contributed by atoms with Crippen LogP contribution in [-0.2, 0) is 50.7 Å². The molecule has 39 heavy (non-hydrogen) atoms. The molecule has 3 aromatic rings. The maximum Gasteiger partial charge on any atom is 0.334 e. The van der Waals surface area contributed by atoms with Crippen LogP contribution in [0.5, 0.6) is 0 Å². The van der Waals surface area contributed by atoms with E-state index in [-0.39, 0.29) is 18.1 Å². The maximum absolute atomic E-state index is 13.8. The van der Waals surface area contributed by atoms with Gasteiger partial charge in [0, 0.05) is 0 Å². The molecule has 0 aliphatic carbocycles. The quantitative estimate of drug-likeness (QED) is 0.189. The molecule has 3 rings (SSSR count). The van der Waals surface area contributed by atoms with E-state index in [2.05, 4.69) is 0 Å². The standard InChI is InChI=1S/C27H29O10PS/c1-20-12-14-24(15-13-20)39(33,34)37-25(27(30)31)16-23(26(28)29)19-38(32,35-17-21-8-4-2-5-9-21)36-18-22-10-6-3-7-11-22/h2-15,23,25H,16-19H2,1H3,(H,28,29)(H,30,31)/t23-,25-/m0/s1. The lowest BCUT2D eigenvalue weighted by molar-refractivity contribution is -0.148. The Hall–Kier alpha value is -3.34. The first-order chi connectivity index (χ1) is 18.5. The number of benzene rings is 3. The molecule has 0 spiro atoms. The summed E-state index contributed by atoms with van der Waals surface area (Å²) < 4.78 is 55.2. The van der Waals surface area contributed by atoms with Crippen molar-refractivity contribution in [2.24, 2.45) is 5.92 Å². The summed E-state index contributed by atoms with van der Waals surface area (Å²) >= 11 is 0. The molecule has 10 nitrogen and oxygen atoms in total. The van der Waals surface area contributed by atoms with Crippen molar-refractivity contribution in [1.29, 1.82) is 0 Å². The number of carbonyl (C=O) groups is 2. The van der Waals surface area contributed by atoms with E-state index in [0.717, 1.165) is 5.56 Å². The highest BCUT2D eigenvalue weighted by molar-refractivity contribution is 7.86. The predicted molar refractivity (Wildman–Crippen MR) is 142 cm³/mol. The number of aryl methyl sites for hydroxylation is 1.